The fourth-order valence-electron chi connectivity index (χ4n) is 0.786. The van der Waals surface area contributed by atoms with Gasteiger partial charge >= 0.3 is 0 Å². The molecule has 0 unspecified atom stereocenters. The van der Waals surface area contributed by atoms with Crippen LogP contribution in [-0.4, -0.2) is 6.26 Å². The van der Waals surface area contributed by atoms with E-state index in [1.807, 2.05) is 30.5 Å². The van der Waals surface area contributed by atoms with Gasteiger partial charge in [-0.05, 0) is 18.4 Å². The van der Waals surface area contributed by atoms with E-state index in [1.165, 1.54) is 0 Å². The molecule has 0 fully saturated rings. The van der Waals surface area contributed by atoms with E-state index >= 15 is 0 Å². The van der Waals surface area contributed by atoms with Crippen molar-refractivity contribution in [3.63, 3.8) is 0 Å². The molecule has 3 nitrogen and oxygen atoms in total. The van der Waals surface area contributed by atoms with E-state index in [9.17, 15) is 4.91 Å². The van der Waals surface area contributed by atoms with Gasteiger partial charge in [-0.15, -0.1) is 16.7 Å². The van der Waals surface area contributed by atoms with Crippen molar-refractivity contribution >= 4 is 17.4 Å². The lowest BCUT2D eigenvalue weighted by molar-refractivity contribution is 1.27. The second-order valence-electron chi connectivity index (χ2n) is 1.90. The standard InChI is InChI=1S/C7H8N2OS/c1-11-7-5-3-2-4-6(7)8-9-10/h2-5H,1H3,(H,8,10). The summed E-state index contributed by atoms with van der Waals surface area (Å²) in [7, 11) is 0. The Morgan fingerprint density at radius 1 is 1.45 bits per heavy atom. The highest BCUT2D eigenvalue weighted by Crippen LogP contribution is 2.24. The van der Waals surface area contributed by atoms with E-state index in [-0.39, 0.29) is 0 Å². The van der Waals surface area contributed by atoms with Crippen LogP contribution in [0.25, 0.3) is 0 Å². The lowest BCUT2D eigenvalue weighted by Crippen LogP contribution is -1.87. The number of benzene rings is 1. The summed E-state index contributed by atoms with van der Waals surface area (Å²) in [6.07, 6.45) is 1.95. The Hall–Kier alpha value is -1.03. The zero-order valence-corrected chi connectivity index (χ0v) is 6.89. The van der Waals surface area contributed by atoms with Crippen molar-refractivity contribution in [1.82, 2.24) is 0 Å². The number of hydrogen-bond donors (Lipinski definition) is 1. The topological polar surface area (TPSA) is 41.5 Å². The second-order valence-corrected chi connectivity index (χ2v) is 2.75. The molecule has 1 rings (SSSR count). The minimum Gasteiger partial charge on any atom is -0.241 e. The van der Waals surface area contributed by atoms with Crippen LogP contribution < -0.4 is 5.43 Å². The number of nitroso groups, excluding NO2 is 1. The van der Waals surface area contributed by atoms with Gasteiger partial charge in [0.25, 0.3) is 0 Å². The van der Waals surface area contributed by atoms with Crippen molar-refractivity contribution in [2.24, 2.45) is 5.29 Å². The van der Waals surface area contributed by atoms with Crippen molar-refractivity contribution in [3.05, 3.63) is 29.2 Å². The Morgan fingerprint density at radius 3 is 2.82 bits per heavy atom. The minimum atomic E-state index is 0.759. The number of thioether (sulfide) groups is 1. The Balaban J connectivity index is 2.92. The number of nitrogens with one attached hydrogen (secondary N) is 1. The molecular formula is C7H8N2OS. The quantitative estimate of drug-likeness (QED) is 0.428. The maximum atomic E-state index is 9.87. The van der Waals surface area contributed by atoms with Crippen molar-refractivity contribution in [2.45, 2.75) is 4.90 Å². The predicted molar refractivity (Wildman–Crippen MR) is 47.6 cm³/mol. The fourth-order valence-corrected chi connectivity index (χ4v) is 1.33. The molecule has 58 valence electrons. The highest BCUT2D eigenvalue weighted by molar-refractivity contribution is 7.98. The molecule has 1 aromatic carbocycles. The van der Waals surface area contributed by atoms with Gasteiger partial charge in [-0.1, -0.05) is 12.1 Å². The van der Waals surface area contributed by atoms with Crippen molar-refractivity contribution in [2.75, 3.05) is 11.7 Å². The van der Waals surface area contributed by atoms with Gasteiger partial charge in [0.1, 0.15) is 0 Å². The van der Waals surface area contributed by atoms with Crippen LogP contribution >= 0.6 is 11.8 Å². The summed E-state index contributed by atoms with van der Waals surface area (Å²) in [5.74, 6) is 0. The lowest BCUT2D eigenvalue weighted by Gasteiger charge is -2.01. The second kappa shape index (κ2) is 3.98. The highest BCUT2D eigenvalue weighted by Gasteiger charge is 1.96. The van der Waals surface area contributed by atoms with Crippen LogP contribution in [0.15, 0.2) is 34.4 Å². The van der Waals surface area contributed by atoms with E-state index in [0.717, 1.165) is 10.6 Å². The molecule has 0 aliphatic carbocycles. The summed E-state index contributed by atoms with van der Waals surface area (Å²) in [4.78, 5) is 10.9. The number of para-hydroxylation sites is 1. The SMILES string of the molecule is CSc1ccccc1NN=O. The monoisotopic (exact) mass is 168 g/mol. The maximum Gasteiger partial charge on any atom is 0.0729 e. The average molecular weight is 168 g/mol. The van der Waals surface area contributed by atoms with Gasteiger partial charge in [-0.3, -0.25) is 0 Å². The zero-order chi connectivity index (χ0) is 8.10. The Labute approximate surface area is 69.1 Å². The number of hydrogen-bond acceptors (Lipinski definition) is 3. The van der Waals surface area contributed by atoms with E-state index in [1.54, 1.807) is 11.8 Å². The van der Waals surface area contributed by atoms with Gasteiger partial charge in [0.15, 0.2) is 0 Å². The number of anilines is 1. The molecule has 1 N–H and O–H groups in total. The Morgan fingerprint density at radius 2 is 2.18 bits per heavy atom. The molecule has 0 saturated carbocycles. The molecule has 0 aliphatic rings. The maximum absolute atomic E-state index is 9.87. The Kier molecular flexibility index (Phi) is 2.92. The average Bonchev–Trinajstić information content (AvgIpc) is 2.06. The first-order chi connectivity index (χ1) is 5.38. The molecule has 0 aromatic heterocycles. The summed E-state index contributed by atoms with van der Waals surface area (Å²) in [5, 5.41) is 2.60. The molecule has 0 spiro atoms. The van der Waals surface area contributed by atoms with Gasteiger partial charge in [0.2, 0.25) is 0 Å². The largest absolute Gasteiger partial charge is 0.241 e. The zero-order valence-electron chi connectivity index (χ0n) is 6.07. The van der Waals surface area contributed by atoms with Crippen molar-refractivity contribution in [3.8, 4) is 0 Å². The van der Waals surface area contributed by atoms with Crippen LogP contribution in [0.1, 0.15) is 0 Å². The molecule has 4 heteroatoms. The van der Waals surface area contributed by atoms with Gasteiger partial charge in [0, 0.05) is 4.90 Å². The lowest BCUT2D eigenvalue weighted by atomic mass is 10.3. The molecule has 1 aromatic rings. The smallest absolute Gasteiger partial charge is 0.0729 e. The number of nitrogens with zero attached hydrogens (tertiary/aromatic N) is 1. The third-order valence-corrected chi connectivity index (χ3v) is 2.07. The van der Waals surface area contributed by atoms with Gasteiger partial charge in [-0.2, -0.15) is 0 Å². The summed E-state index contributed by atoms with van der Waals surface area (Å²) in [6.45, 7) is 0. The highest BCUT2D eigenvalue weighted by atomic mass is 32.2. The molecule has 0 radical (unpaired) electrons. The van der Waals surface area contributed by atoms with Crippen molar-refractivity contribution in [1.29, 1.82) is 0 Å². The summed E-state index contributed by atoms with van der Waals surface area (Å²) in [6, 6.07) is 7.51. The van der Waals surface area contributed by atoms with Gasteiger partial charge in [-0.25, -0.2) is 5.43 Å². The van der Waals surface area contributed by atoms with Crippen LogP contribution in [0.4, 0.5) is 5.69 Å². The predicted octanol–water partition coefficient (Wildman–Crippen LogP) is 2.50. The molecule has 0 heterocycles. The van der Waals surface area contributed by atoms with E-state index in [0.29, 0.717) is 0 Å². The molecule has 0 atom stereocenters. The van der Waals surface area contributed by atoms with Crippen LogP contribution in [-0.2, 0) is 0 Å². The third-order valence-electron chi connectivity index (χ3n) is 1.27. The minimum absolute atomic E-state index is 0.759. The van der Waals surface area contributed by atoms with Crippen LogP contribution in [0.3, 0.4) is 0 Å². The summed E-state index contributed by atoms with van der Waals surface area (Å²) < 4.78 is 0. The van der Waals surface area contributed by atoms with Crippen LogP contribution in [0, 0.1) is 4.91 Å². The summed E-state index contributed by atoms with van der Waals surface area (Å²) in [5.41, 5.74) is 3.13. The van der Waals surface area contributed by atoms with Crippen LogP contribution in [0.5, 0.6) is 0 Å². The molecule has 11 heavy (non-hydrogen) atoms. The van der Waals surface area contributed by atoms with Crippen LogP contribution in [0.2, 0.25) is 0 Å². The van der Waals surface area contributed by atoms with Crippen molar-refractivity contribution < 1.29 is 0 Å². The van der Waals surface area contributed by atoms with Gasteiger partial charge in [0.05, 0.1) is 11.0 Å². The Bertz CT molecular complexity index is 252. The number of rotatable bonds is 3. The molecule has 0 bridgehead atoms. The molecule has 0 amide bonds. The fraction of sp³-hybridized carbons (Fsp3) is 0.143. The van der Waals surface area contributed by atoms with E-state index < -0.39 is 0 Å². The third kappa shape index (κ3) is 1.94. The van der Waals surface area contributed by atoms with E-state index in [4.69, 9.17) is 0 Å². The molecular weight excluding hydrogens is 160 g/mol. The summed E-state index contributed by atoms with van der Waals surface area (Å²) >= 11 is 1.57. The first kappa shape index (κ1) is 8.07. The normalized spacial score (nSPS) is 9.18. The van der Waals surface area contributed by atoms with Gasteiger partial charge < -0.3 is 0 Å². The first-order valence-corrected chi connectivity index (χ1v) is 4.32. The first-order valence-electron chi connectivity index (χ1n) is 3.10. The van der Waals surface area contributed by atoms with E-state index in [2.05, 4.69) is 10.7 Å². The molecule has 0 saturated heterocycles. The molecule has 0 aliphatic heterocycles.